The van der Waals surface area contributed by atoms with Crippen molar-refractivity contribution in [3.63, 3.8) is 0 Å². The van der Waals surface area contributed by atoms with Crippen molar-refractivity contribution in [2.24, 2.45) is 0 Å². The Bertz CT molecular complexity index is 539. The fourth-order valence-electron chi connectivity index (χ4n) is 0.912. The molecule has 3 N–H and O–H groups in total. The maximum Gasteiger partial charge on any atom is 0.345 e. The predicted octanol–water partition coefficient (Wildman–Crippen LogP) is 0.352. The Morgan fingerprint density at radius 3 is 2.56 bits per heavy atom. The van der Waals surface area contributed by atoms with Gasteiger partial charge in [-0.1, -0.05) is 0 Å². The van der Waals surface area contributed by atoms with Crippen molar-refractivity contribution in [1.82, 2.24) is 4.72 Å². The van der Waals surface area contributed by atoms with Crippen molar-refractivity contribution in [1.29, 1.82) is 0 Å². The number of aliphatic hydroxyl groups is 1. The van der Waals surface area contributed by atoms with Crippen LogP contribution in [-0.2, 0) is 10.0 Å². The van der Waals surface area contributed by atoms with E-state index in [0.29, 0.717) is 11.3 Å². The third-order valence-electron chi connectivity index (χ3n) is 1.85. The first kappa shape index (κ1) is 15.0. The van der Waals surface area contributed by atoms with E-state index in [1.807, 2.05) is 0 Å². The lowest BCUT2D eigenvalue weighted by Gasteiger charge is -2.13. The van der Waals surface area contributed by atoms with Gasteiger partial charge in [0.25, 0.3) is 5.92 Å². The highest BCUT2D eigenvalue weighted by atomic mass is 32.2. The van der Waals surface area contributed by atoms with E-state index in [0.717, 1.165) is 11.4 Å². The van der Waals surface area contributed by atoms with Crippen molar-refractivity contribution in [3.8, 4) is 0 Å². The van der Waals surface area contributed by atoms with Gasteiger partial charge in [0.05, 0.1) is 11.4 Å². The number of hydrogen-bond acceptors (Lipinski definition) is 5. The van der Waals surface area contributed by atoms with E-state index < -0.39 is 40.0 Å². The summed E-state index contributed by atoms with van der Waals surface area (Å²) < 4.78 is 50.0. The van der Waals surface area contributed by atoms with Crippen LogP contribution in [0.15, 0.2) is 16.3 Å². The van der Waals surface area contributed by atoms with Crippen LogP contribution in [-0.4, -0.2) is 43.7 Å². The zero-order chi connectivity index (χ0) is 14.0. The van der Waals surface area contributed by atoms with Crippen LogP contribution in [0.25, 0.3) is 0 Å². The number of hydrogen-bond donors (Lipinski definition) is 3. The molecule has 1 rings (SSSR count). The Morgan fingerprint density at radius 2 is 2.11 bits per heavy atom. The minimum absolute atomic E-state index is 0.218. The van der Waals surface area contributed by atoms with E-state index in [1.54, 1.807) is 4.72 Å². The minimum Gasteiger partial charge on any atom is -0.477 e. The van der Waals surface area contributed by atoms with Gasteiger partial charge in [0.15, 0.2) is 0 Å². The Kier molecular flexibility index (Phi) is 4.37. The van der Waals surface area contributed by atoms with Crippen LogP contribution in [0.2, 0.25) is 0 Å². The SMILES string of the molecule is O=C(O)c1cc(S(=O)(=O)NCC(F)(F)CO)cs1. The average Bonchev–Trinajstić information content (AvgIpc) is 2.77. The molecule has 0 radical (unpaired) electrons. The lowest BCUT2D eigenvalue weighted by molar-refractivity contribution is -0.0437. The van der Waals surface area contributed by atoms with Gasteiger partial charge >= 0.3 is 5.97 Å². The quantitative estimate of drug-likeness (QED) is 0.703. The molecule has 6 nitrogen and oxygen atoms in total. The average molecular weight is 301 g/mol. The van der Waals surface area contributed by atoms with Crippen LogP contribution in [0.5, 0.6) is 0 Å². The summed E-state index contributed by atoms with van der Waals surface area (Å²) in [5, 5.41) is 17.9. The lowest BCUT2D eigenvalue weighted by Crippen LogP contribution is -2.38. The van der Waals surface area contributed by atoms with Crippen LogP contribution >= 0.6 is 11.3 Å². The van der Waals surface area contributed by atoms with E-state index >= 15 is 0 Å². The van der Waals surface area contributed by atoms with Gasteiger partial charge < -0.3 is 10.2 Å². The van der Waals surface area contributed by atoms with Gasteiger partial charge in [0.2, 0.25) is 10.0 Å². The molecule has 0 saturated carbocycles. The van der Waals surface area contributed by atoms with Crippen molar-refractivity contribution in [2.75, 3.05) is 13.2 Å². The summed E-state index contributed by atoms with van der Waals surface area (Å²) in [4.78, 5) is 9.92. The number of alkyl halides is 2. The van der Waals surface area contributed by atoms with Crippen LogP contribution in [0.4, 0.5) is 8.78 Å². The number of nitrogens with one attached hydrogen (secondary N) is 1. The molecule has 0 spiro atoms. The molecular formula is C8H9F2NO5S2. The van der Waals surface area contributed by atoms with E-state index in [9.17, 15) is 22.0 Å². The fourth-order valence-corrected chi connectivity index (χ4v) is 3.09. The number of aromatic carboxylic acids is 1. The molecule has 0 bridgehead atoms. The number of thiophene rings is 1. The molecular weight excluding hydrogens is 292 g/mol. The zero-order valence-corrected chi connectivity index (χ0v) is 10.4. The standard InChI is InChI=1S/C8H9F2NO5S2/c9-8(10,4-12)3-11-18(15,16)5-1-6(7(13)14)17-2-5/h1-2,11-12H,3-4H2,(H,13,14). The summed E-state index contributed by atoms with van der Waals surface area (Å²) in [6, 6.07) is 0.867. The third-order valence-corrected chi connectivity index (χ3v) is 4.30. The molecule has 18 heavy (non-hydrogen) atoms. The molecule has 0 atom stereocenters. The molecule has 0 fully saturated rings. The summed E-state index contributed by atoms with van der Waals surface area (Å²) >= 11 is 0.668. The molecule has 0 saturated heterocycles. The van der Waals surface area contributed by atoms with Gasteiger partial charge in [-0.3, -0.25) is 0 Å². The van der Waals surface area contributed by atoms with Crippen molar-refractivity contribution in [2.45, 2.75) is 10.8 Å². The number of sulfonamides is 1. The Balaban J connectivity index is 2.83. The number of rotatable bonds is 6. The molecule has 1 aromatic heterocycles. The molecule has 0 amide bonds. The van der Waals surface area contributed by atoms with Crippen molar-refractivity contribution in [3.05, 3.63) is 16.3 Å². The molecule has 0 aliphatic rings. The Hall–Kier alpha value is -1.10. The van der Waals surface area contributed by atoms with Gasteiger partial charge in [-0.2, -0.15) is 0 Å². The summed E-state index contributed by atoms with van der Waals surface area (Å²) in [5.74, 6) is -4.87. The maximum atomic E-state index is 12.7. The number of aliphatic hydroxyl groups excluding tert-OH is 1. The van der Waals surface area contributed by atoms with E-state index in [2.05, 4.69) is 0 Å². The molecule has 0 aliphatic carbocycles. The van der Waals surface area contributed by atoms with Gasteiger partial charge in [0, 0.05) is 5.38 Å². The first-order valence-corrected chi connectivity index (χ1v) is 6.84. The topological polar surface area (TPSA) is 104 Å². The molecule has 102 valence electrons. The second-order valence-electron chi connectivity index (χ2n) is 3.29. The third kappa shape index (κ3) is 3.70. The zero-order valence-electron chi connectivity index (χ0n) is 8.76. The van der Waals surface area contributed by atoms with Gasteiger partial charge in [0.1, 0.15) is 11.5 Å². The first-order valence-electron chi connectivity index (χ1n) is 4.48. The largest absolute Gasteiger partial charge is 0.477 e. The lowest BCUT2D eigenvalue weighted by atomic mass is 10.4. The van der Waals surface area contributed by atoms with Gasteiger partial charge in [-0.05, 0) is 6.07 Å². The Labute approximate surface area is 105 Å². The van der Waals surface area contributed by atoms with Crippen molar-refractivity contribution >= 4 is 27.3 Å². The highest BCUT2D eigenvalue weighted by molar-refractivity contribution is 7.89. The van der Waals surface area contributed by atoms with Crippen LogP contribution in [0, 0.1) is 0 Å². The Morgan fingerprint density at radius 1 is 1.50 bits per heavy atom. The predicted molar refractivity (Wildman–Crippen MR) is 58.5 cm³/mol. The molecule has 0 aliphatic heterocycles. The first-order chi connectivity index (χ1) is 8.18. The number of carboxylic acids is 1. The van der Waals surface area contributed by atoms with Crippen LogP contribution < -0.4 is 4.72 Å². The summed E-state index contributed by atoms with van der Waals surface area (Å²) in [6.45, 7) is -2.75. The summed E-state index contributed by atoms with van der Waals surface area (Å²) in [6.07, 6.45) is 0. The normalized spacial score (nSPS) is 12.6. The highest BCUT2D eigenvalue weighted by Gasteiger charge is 2.30. The molecule has 1 heterocycles. The molecule has 0 unspecified atom stereocenters. The number of carboxylic acid groups (broad SMARTS) is 1. The minimum atomic E-state index is -4.21. The highest BCUT2D eigenvalue weighted by Crippen LogP contribution is 2.20. The summed E-state index contributed by atoms with van der Waals surface area (Å²) in [5.41, 5.74) is 0. The molecule has 10 heteroatoms. The van der Waals surface area contributed by atoms with E-state index in [4.69, 9.17) is 10.2 Å². The molecule has 1 aromatic rings. The second-order valence-corrected chi connectivity index (χ2v) is 5.97. The van der Waals surface area contributed by atoms with Crippen molar-refractivity contribution < 1.29 is 32.2 Å². The van der Waals surface area contributed by atoms with Gasteiger partial charge in [-0.25, -0.2) is 26.7 Å². The number of halogens is 2. The monoisotopic (exact) mass is 301 g/mol. The van der Waals surface area contributed by atoms with E-state index in [1.165, 1.54) is 0 Å². The van der Waals surface area contributed by atoms with E-state index in [-0.39, 0.29) is 4.88 Å². The fraction of sp³-hybridized carbons (Fsp3) is 0.375. The van der Waals surface area contributed by atoms with Gasteiger partial charge in [-0.15, -0.1) is 11.3 Å². The maximum absolute atomic E-state index is 12.7. The molecule has 0 aromatic carbocycles. The van der Waals surface area contributed by atoms with Crippen LogP contribution in [0.1, 0.15) is 9.67 Å². The second kappa shape index (κ2) is 5.26. The smallest absolute Gasteiger partial charge is 0.345 e. The van der Waals surface area contributed by atoms with Crippen LogP contribution in [0.3, 0.4) is 0 Å². The number of carbonyl (C=O) groups is 1. The summed E-state index contributed by atoms with van der Waals surface area (Å²) in [7, 11) is -4.21.